The molecule has 1 saturated heterocycles. The summed E-state index contributed by atoms with van der Waals surface area (Å²) in [5.74, 6) is 0.264. The van der Waals surface area contributed by atoms with Gasteiger partial charge in [0, 0.05) is 31.6 Å². The highest BCUT2D eigenvalue weighted by Gasteiger charge is 2.21. The lowest BCUT2D eigenvalue weighted by molar-refractivity contribution is -0.125. The second-order valence-corrected chi connectivity index (χ2v) is 4.93. The van der Waals surface area contributed by atoms with Crippen LogP contribution in [0.1, 0.15) is 33.6 Å². The first-order valence-electron chi connectivity index (χ1n) is 6.90. The highest BCUT2D eigenvalue weighted by Crippen LogP contribution is 2.10. The van der Waals surface area contributed by atoms with Crippen molar-refractivity contribution in [2.45, 2.75) is 39.7 Å². The molecule has 4 heteroatoms. The van der Waals surface area contributed by atoms with Crippen molar-refractivity contribution in [1.82, 2.24) is 15.5 Å². The number of likely N-dealkylation sites (tertiary alicyclic amines) is 1. The van der Waals surface area contributed by atoms with Gasteiger partial charge in [-0.1, -0.05) is 20.8 Å². The molecule has 4 nitrogen and oxygen atoms in total. The van der Waals surface area contributed by atoms with Crippen molar-refractivity contribution < 1.29 is 4.79 Å². The molecule has 1 aliphatic heterocycles. The van der Waals surface area contributed by atoms with Gasteiger partial charge in [0.25, 0.3) is 0 Å². The Hall–Kier alpha value is -0.610. The second-order valence-electron chi connectivity index (χ2n) is 4.93. The second kappa shape index (κ2) is 7.67. The van der Waals surface area contributed by atoms with E-state index < -0.39 is 0 Å². The first-order chi connectivity index (χ1) is 8.17. The Morgan fingerprint density at radius 1 is 1.35 bits per heavy atom. The number of amides is 1. The molecule has 0 saturated carbocycles. The van der Waals surface area contributed by atoms with E-state index in [1.165, 1.54) is 0 Å². The molecule has 0 radical (unpaired) electrons. The zero-order valence-corrected chi connectivity index (χ0v) is 11.5. The first kappa shape index (κ1) is 14.5. The van der Waals surface area contributed by atoms with Gasteiger partial charge in [0.05, 0.1) is 0 Å². The van der Waals surface area contributed by atoms with Crippen LogP contribution in [0.4, 0.5) is 0 Å². The fourth-order valence-corrected chi connectivity index (χ4v) is 2.19. The molecule has 1 fully saturated rings. The Balaban J connectivity index is 2.22. The van der Waals surface area contributed by atoms with Crippen LogP contribution in [0.2, 0.25) is 0 Å². The highest BCUT2D eigenvalue weighted by molar-refractivity contribution is 5.78. The molecule has 1 amide bonds. The summed E-state index contributed by atoms with van der Waals surface area (Å²) < 4.78 is 0. The average molecular weight is 241 g/mol. The molecule has 1 unspecified atom stereocenters. The molecule has 1 aliphatic rings. The van der Waals surface area contributed by atoms with E-state index in [0.717, 1.165) is 45.6 Å². The number of piperidine rings is 1. The fraction of sp³-hybridized carbons (Fsp3) is 0.923. The summed E-state index contributed by atoms with van der Waals surface area (Å²) in [7, 11) is 0. The topological polar surface area (TPSA) is 44.4 Å². The molecule has 0 aliphatic carbocycles. The Morgan fingerprint density at radius 3 is 2.53 bits per heavy atom. The molecular weight excluding hydrogens is 214 g/mol. The third-order valence-corrected chi connectivity index (χ3v) is 3.53. The monoisotopic (exact) mass is 241 g/mol. The van der Waals surface area contributed by atoms with Crippen molar-refractivity contribution in [3.8, 4) is 0 Å². The molecule has 1 rings (SSSR count). The smallest absolute Gasteiger partial charge is 0.224 e. The van der Waals surface area contributed by atoms with E-state index in [2.05, 4.69) is 29.4 Å². The van der Waals surface area contributed by atoms with Crippen molar-refractivity contribution in [3.63, 3.8) is 0 Å². The molecule has 2 N–H and O–H groups in total. The van der Waals surface area contributed by atoms with E-state index in [-0.39, 0.29) is 11.8 Å². The first-order valence-corrected chi connectivity index (χ1v) is 6.90. The lowest BCUT2D eigenvalue weighted by atomic mass is 10.0. The fourth-order valence-electron chi connectivity index (χ4n) is 2.19. The maximum atomic E-state index is 11.9. The van der Waals surface area contributed by atoms with E-state index in [1.54, 1.807) is 0 Å². The summed E-state index contributed by atoms with van der Waals surface area (Å²) in [6, 6.07) is 0.384. The van der Waals surface area contributed by atoms with Gasteiger partial charge in [0.1, 0.15) is 0 Å². The van der Waals surface area contributed by atoms with Gasteiger partial charge in [-0.15, -0.1) is 0 Å². The number of rotatable bonds is 6. The van der Waals surface area contributed by atoms with Crippen molar-refractivity contribution in [2.24, 2.45) is 5.92 Å². The van der Waals surface area contributed by atoms with Crippen LogP contribution in [-0.4, -0.2) is 49.6 Å². The minimum absolute atomic E-state index is 0.0687. The number of carbonyl (C=O) groups excluding carboxylic acids is 1. The van der Waals surface area contributed by atoms with E-state index in [0.29, 0.717) is 6.04 Å². The largest absolute Gasteiger partial charge is 0.353 e. The van der Waals surface area contributed by atoms with Gasteiger partial charge in [-0.05, 0) is 25.9 Å². The molecule has 0 spiro atoms. The summed E-state index contributed by atoms with van der Waals surface area (Å²) in [6.07, 6.45) is 2.18. The molecule has 1 heterocycles. The van der Waals surface area contributed by atoms with E-state index in [4.69, 9.17) is 0 Å². The summed E-state index contributed by atoms with van der Waals surface area (Å²) >= 11 is 0. The molecule has 17 heavy (non-hydrogen) atoms. The number of carbonyl (C=O) groups is 1. The van der Waals surface area contributed by atoms with Gasteiger partial charge in [-0.25, -0.2) is 0 Å². The molecule has 0 aromatic rings. The van der Waals surface area contributed by atoms with Crippen molar-refractivity contribution in [1.29, 1.82) is 0 Å². The zero-order chi connectivity index (χ0) is 12.7. The van der Waals surface area contributed by atoms with Crippen LogP contribution in [-0.2, 0) is 4.79 Å². The summed E-state index contributed by atoms with van der Waals surface area (Å²) in [5, 5.41) is 6.38. The zero-order valence-electron chi connectivity index (χ0n) is 11.5. The highest BCUT2D eigenvalue weighted by atomic mass is 16.1. The van der Waals surface area contributed by atoms with Gasteiger partial charge in [0.15, 0.2) is 0 Å². The van der Waals surface area contributed by atoms with Crippen LogP contribution >= 0.6 is 0 Å². The van der Waals surface area contributed by atoms with E-state index >= 15 is 0 Å². The van der Waals surface area contributed by atoms with Crippen LogP contribution < -0.4 is 10.6 Å². The van der Waals surface area contributed by atoms with Gasteiger partial charge in [-0.2, -0.15) is 0 Å². The molecular formula is C13H27N3O. The molecule has 0 aromatic heterocycles. The van der Waals surface area contributed by atoms with Gasteiger partial charge in [0.2, 0.25) is 5.91 Å². The number of hydrogen-bond acceptors (Lipinski definition) is 3. The minimum atomic E-state index is 0.0687. The number of nitrogens with one attached hydrogen (secondary N) is 2. The molecule has 100 valence electrons. The predicted octanol–water partition coefficient (Wildman–Crippen LogP) is 0.833. The Kier molecular flexibility index (Phi) is 6.52. The summed E-state index contributed by atoms with van der Waals surface area (Å²) in [5.41, 5.74) is 0. The summed E-state index contributed by atoms with van der Waals surface area (Å²) in [6.45, 7) is 11.3. The summed E-state index contributed by atoms with van der Waals surface area (Å²) in [4.78, 5) is 14.3. The predicted molar refractivity (Wildman–Crippen MR) is 71.0 cm³/mol. The lowest BCUT2D eigenvalue weighted by Crippen LogP contribution is -2.47. The third-order valence-electron chi connectivity index (χ3n) is 3.53. The molecule has 0 aromatic carbocycles. The van der Waals surface area contributed by atoms with Gasteiger partial charge in [-0.3, -0.25) is 4.79 Å². The van der Waals surface area contributed by atoms with Crippen LogP contribution in [0, 0.1) is 5.92 Å². The average Bonchev–Trinajstić information content (AvgIpc) is 2.36. The van der Waals surface area contributed by atoms with Crippen LogP contribution in [0.3, 0.4) is 0 Å². The van der Waals surface area contributed by atoms with Gasteiger partial charge >= 0.3 is 0 Å². The van der Waals surface area contributed by atoms with Gasteiger partial charge < -0.3 is 15.5 Å². The van der Waals surface area contributed by atoms with Crippen LogP contribution in [0.5, 0.6) is 0 Å². The maximum absolute atomic E-state index is 11.9. The normalized spacial score (nSPS) is 20.2. The Bertz CT molecular complexity index is 225. The van der Waals surface area contributed by atoms with Crippen LogP contribution in [0.25, 0.3) is 0 Å². The van der Waals surface area contributed by atoms with Crippen molar-refractivity contribution >= 4 is 5.91 Å². The lowest BCUT2D eigenvalue weighted by Gasteiger charge is -2.32. The van der Waals surface area contributed by atoms with E-state index in [9.17, 15) is 4.79 Å². The SMILES string of the molecule is CCNCC(C)C(=O)NC1CCN(CC)CC1. The van der Waals surface area contributed by atoms with Crippen molar-refractivity contribution in [3.05, 3.63) is 0 Å². The van der Waals surface area contributed by atoms with E-state index in [1.807, 2.05) is 6.92 Å². The third kappa shape index (κ3) is 5.04. The standard InChI is InChI=1S/C13H27N3O/c1-4-14-10-11(3)13(17)15-12-6-8-16(5-2)9-7-12/h11-12,14H,4-10H2,1-3H3,(H,15,17). The minimum Gasteiger partial charge on any atom is -0.353 e. The molecule has 1 atom stereocenters. The van der Waals surface area contributed by atoms with Crippen molar-refractivity contribution in [2.75, 3.05) is 32.7 Å². The Morgan fingerprint density at radius 2 is 2.00 bits per heavy atom. The quantitative estimate of drug-likeness (QED) is 0.724. The molecule has 0 bridgehead atoms. The number of hydrogen-bond donors (Lipinski definition) is 2. The van der Waals surface area contributed by atoms with Crippen LogP contribution in [0.15, 0.2) is 0 Å². The maximum Gasteiger partial charge on any atom is 0.224 e. The Labute approximate surface area is 105 Å². The number of nitrogens with zero attached hydrogens (tertiary/aromatic N) is 1.